The van der Waals surface area contributed by atoms with Crippen molar-refractivity contribution in [3.63, 3.8) is 0 Å². The van der Waals surface area contributed by atoms with Gasteiger partial charge in [-0.3, -0.25) is 0 Å². The lowest BCUT2D eigenvalue weighted by Gasteiger charge is -2.30. The molecular formula is C18H27N3O7S. The summed E-state index contributed by atoms with van der Waals surface area (Å²) in [6.07, 6.45) is -1.09. The van der Waals surface area contributed by atoms with Crippen LogP contribution in [0.2, 0.25) is 0 Å². The van der Waals surface area contributed by atoms with Gasteiger partial charge in [0.1, 0.15) is 11.6 Å². The number of carbonyl (C=O) groups is 3. The Morgan fingerprint density at radius 3 is 2.07 bits per heavy atom. The standard InChI is InChI=1S/C18H27N3O7S/c1-11(2)10-14(15(22)23)21(17(25)28-18(3,4)5)16(24)20-12-6-8-13(9-7-12)29(19,26)27/h6-9,11,14H,10H2,1-5H3,(H,20,24)(H,22,23)(H2,19,26,27)/t14-/m0/s1. The number of amides is 3. The smallest absolute Gasteiger partial charge is 0.419 e. The van der Waals surface area contributed by atoms with E-state index in [9.17, 15) is 27.9 Å². The van der Waals surface area contributed by atoms with Gasteiger partial charge in [0, 0.05) is 5.69 Å². The van der Waals surface area contributed by atoms with Crippen LogP contribution in [-0.2, 0) is 19.6 Å². The normalized spacial score (nSPS) is 12.9. The lowest BCUT2D eigenvalue weighted by atomic mass is 10.0. The van der Waals surface area contributed by atoms with E-state index in [2.05, 4.69) is 5.32 Å². The first-order valence-corrected chi connectivity index (χ1v) is 10.4. The van der Waals surface area contributed by atoms with Crippen molar-refractivity contribution in [2.24, 2.45) is 11.1 Å². The highest BCUT2D eigenvalue weighted by Gasteiger charge is 2.38. The number of hydrogen-bond acceptors (Lipinski definition) is 6. The minimum atomic E-state index is -3.91. The monoisotopic (exact) mass is 429 g/mol. The Balaban J connectivity index is 3.21. The van der Waals surface area contributed by atoms with Crippen LogP contribution >= 0.6 is 0 Å². The second-order valence-electron chi connectivity index (χ2n) is 7.83. The molecule has 0 aliphatic heterocycles. The van der Waals surface area contributed by atoms with E-state index in [4.69, 9.17) is 9.88 Å². The van der Waals surface area contributed by atoms with Gasteiger partial charge in [0.05, 0.1) is 4.90 Å². The van der Waals surface area contributed by atoms with Gasteiger partial charge in [0.2, 0.25) is 10.0 Å². The minimum Gasteiger partial charge on any atom is -0.480 e. The molecule has 0 saturated heterocycles. The van der Waals surface area contributed by atoms with Crippen molar-refractivity contribution in [3.8, 4) is 0 Å². The van der Waals surface area contributed by atoms with Crippen molar-refractivity contribution >= 4 is 33.8 Å². The van der Waals surface area contributed by atoms with Crippen LogP contribution in [0.4, 0.5) is 15.3 Å². The molecule has 162 valence electrons. The Morgan fingerprint density at radius 1 is 1.17 bits per heavy atom. The van der Waals surface area contributed by atoms with Crippen LogP contribution in [0.5, 0.6) is 0 Å². The topological polar surface area (TPSA) is 156 Å². The molecule has 3 amide bonds. The van der Waals surface area contributed by atoms with Gasteiger partial charge in [0.25, 0.3) is 0 Å². The summed E-state index contributed by atoms with van der Waals surface area (Å²) >= 11 is 0. The van der Waals surface area contributed by atoms with E-state index in [1.807, 2.05) is 0 Å². The number of anilines is 1. The lowest BCUT2D eigenvalue weighted by molar-refractivity contribution is -0.142. The first-order chi connectivity index (χ1) is 13.1. The summed E-state index contributed by atoms with van der Waals surface area (Å²) in [7, 11) is -3.91. The molecule has 0 spiro atoms. The fraction of sp³-hybridized carbons (Fsp3) is 0.500. The molecule has 0 aliphatic rings. The molecule has 0 aromatic heterocycles. The molecule has 0 unspecified atom stereocenters. The van der Waals surface area contributed by atoms with Crippen molar-refractivity contribution in [1.82, 2.24) is 4.90 Å². The Morgan fingerprint density at radius 2 is 1.69 bits per heavy atom. The van der Waals surface area contributed by atoms with E-state index in [-0.39, 0.29) is 22.9 Å². The van der Waals surface area contributed by atoms with Gasteiger partial charge in [-0.05, 0) is 57.4 Å². The maximum atomic E-state index is 12.8. The molecular weight excluding hydrogens is 402 g/mol. The predicted octanol–water partition coefficient (Wildman–Crippen LogP) is 2.60. The number of carbonyl (C=O) groups excluding carboxylic acids is 2. The van der Waals surface area contributed by atoms with Gasteiger partial charge >= 0.3 is 18.1 Å². The molecule has 0 bridgehead atoms. The zero-order valence-electron chi connectivity index (χ0n) is 17.0. The SMILES string of the molecule is CC(C)C[C@@H](C(=O)O)N(C(=O)Nc1ccc(S(N)(=O)=O)cc1)C(=O)OC(C)(C)C. The molecule has 0 fully saturated rings. The van der Waals surface area contributed by atoms with Crippen LogP contribution < -0.4 is 10.5 Å². The van der Waals surface area contributed by atoms with E-state index in [1.54, 1.807) is 34.6 Å². The van der Waals surface area contributed by atoms with Crippen LogP contribution in [0.25, 0.3) is 0 Å². The fourth-order valence-corrected chi connectivity index (χ4v) is 2.85. The number of hydrogen-bond donors (Lipinski definition) is 3. The van der Waals surface area contributed by atoms with Gasteiger partial charge in [0.15, 0.2) is 0 Å². The Bertz CT molecular complexity index is 858. The zero-order valence-corrected chi connectivity index (χ0v) is 17.8. The van der Waals surface area contributed by atoms with Crippen molar-refractivity contribution in [3.05, 3.63) is 24.3 Å². The van der Waals surface area contributed by atoms with Gasteiger partial charge in [-0.1, -0.05) is 13.8 Å². The molecule has 10 nitrogen and oxygen atoms in total. The average molecular weight is 429 g/mol. The summed E-state index contributed by atoms with van der Waals surface area (Å²) in [6, 6.07) is 2.41. The van der Waals surface area contributed by atoms with Crippen LogP contribution in [0.15, 0.2) is 29.2 Å². The molecule has 29 heavy (non-hydrogen) atoms. The quantitative estimate of drug-likeness (QED) is 0.627. The van der Waals surface area contributed by atoms with Crippen molar-refractivity contribution in [1.29, 1.82) is 0 Å². The second kappa shape index (κ2) is 9.23. The van der Waals surface area contributed by atoms with Crippen molar-refractivity contribution < 1.29 is 32.6 Å². The molecule has 0 radical (unpaired) electrons. The third-order valence-electron chi connectivity index (χ3n) is 3.53. The van der Waals surface area contributed by atoms with Crippen molar-refractivity contribution in [2.75, 3.05) is 5.32 Å². The molecule has 1 aromatic carbocycles. The number of rotatable bonds is 6. The zero-order chi connectivity index (χ0) is 22.6. The summed E-state index contributed by atoms with van der Waals surface area (Å²) in [5.41, 5.74) is -0.808. The third kappa shape index (κ3) is 7.70. The number of carboxylic acid groups (broad SMARTS) is 1. The second-order valence-corrected chi connectivity index (χ2v) is 9.39. The Kier molecular flexibility index (Phi) is 7.75. The highest BCUT2D eigenvalue weighted by atomic mass is 32.2. The molecule has 0 heterocycles. The summed E-state index contributed by atoms with van der Waals surface area (Å²) in [5.74, 6) is -1.48. The third-order valence-corrected chi connectivity index (χ3v) is 4.46. The molecule has 4 N–H and O–H groups in total. The molecule has 1 aromatic rings. The maximum absolute atomic E-state index is 12.8. The number of nitrogens with one attached hydrogen (secondary N) is 1. The Hall–Kier alpha value is -2.66. The van der Waals surface area contributed by atoms with Gasteiger partial charge in [-0.2, -0.15) is 0 Å². The highest BCUT2D eigenvalue weighted by molar-refractivity contribution is 7.89. The maximum Gasteiger partial charge on any atom is 0.419 e. The molecule has 11 heteroatoms. The molecule has 1 atom stereocenters. The number of ether oxygens (including phenoxy) is 1. The summed E-state index contributed by atoms with van der Waals surface area (Å²) in [5, 5.41) is 17.0. The number of benzene rings is 1. The van der Waals surface area contributed by atoms with Crippen LogP contribution in [0, 0.1) is 5.92 Å². The van der Waals surface area contributed by atoms with Gasteiger partial charge in [-0.15, -0.1) is 0 Å². The van der Waals surface area contributed by atoms with Gasteiger partial charge in [-0.25, -0.2) is 32.8 Å². The number of primary sulfonamides is 1. The first kappa shape index (κ1) is 24.4. The van der Waals surface area contributed by atoms with Gasteiger partial charge < -0.3 is 15.2 Å². The number of imide groups is 1. The van der Waals surface area contributed by atoms with Crippen LogP contribution in [0.1, 0.15) is 41.0 Å². The van der Waals surface area contributed by atoms with Crippen LogP contribution in [-0.4, -0.2) is 48.2 Å². The van der Waals surface area contributed by atoms with E-state index >= 15 is 0 Å². The number of sulfonamides is 1. The van der Waals surface area contributed by atoms with E-state index < -0.39 is 39.8 Å². The lowest BCUT2D eigenvalue weighted by Crippen LogP contribution is -2.52. The number of carboxylic acids is 1. The summed E-state index contributed by atoms with van der Waals surface area (Å²) < 4.78 is 27.8. The van der Waals surface area contributed by atoms with Crippen LogP contribution in [0.3, 0.4) is 0 Å². The van der Waals surface area contributed by atoms with E-state index in [1.165, 1.54) is 24.3 Å². The summed E-state index contributed by atoms with van der Waals surface area (Å²) in [6.45, 7) is 8.28. The minimum absolute atomic E-state index is 0.0202. The van der Waals surface area contributed by atoms with E-state index in [0.29, 0.717) is 4.90 Å². The number of aliphatic carboxylic acids is 1. The predicted molar refractivity (Wildman–Crippen MR) is 106 cm³/mol. The average Bonchev–Trinajstić information content (AvgIpc) is 2.51. The first-order valence-electron chi connectivity index (χ1n) is 8.80. The summed E-state index contributed by atoms with van der Waals surface area (Å²) in [4.78, 5) is 37.4. The molecule has 0 saturated carbocycles. The molecule has 0 aliphatic carbocycles. The number of nitrogens with two attached hydrogens (primary N) is 1. The van der Waals surface area contributed by atoms with Crippen molar-refractivity contribution in [2.45, 2.75) is 57.6 Å². The Labute approximate surface area is 170 Å². The number of nitrogens with zero attached hydrogens (tertiary/aromatic N) is 1. The number of urea groups is 1. The van der Waals surface area contributed by atoms with E-state index in [0.717, 1.165) is 0 Å². The molecule has 1 rings (SSSR count). The highest BCUT2D eigenvalue weighted by Crippen LogP contribution is 2.20. The fourth-order valence-electron chi connectivity index (χ4n) is 2.34. The largest absolute Gasteiger partial charge is 0.480 e.